The highest BCUT2D eigenvalue weighted by atomic mass is 35.7. The van der Waals surface area contributed by atoms with Crippen molar-refractivity contribution in [2.24, 2.45) is 5.41 Å². The van der Waals surface area contributed by atoms with E-state index in [1.807, 2.05) is 20.8 Å². The largest absolute Gasteiger partial charge is 0.493 e. The van der Waals surface area contributed by atoms with E-state index in [-0.39, 0.29) is 16.2 Å². The van der Waals surface area contributed by atoms with Crippen molar-refractivity contribution in [3.05, 3.63) is 23.3 Å². The summed E-state index contributed by atoms with van der Waals surface area (Å²) < 4.78 is 29.2. The van der Waals surface area contributed by atoms with Crippen molar-refractivity contribution in [2.45, 2.75) is 58.8 Å². The molecular weight excluding hydrogens is 308 g/mol. The molecule has 0 aliphatic heterocycles. The fraction of sp³-hybridized carbons (Fsp3) is 0.625. The Morgan fingerprint density at radius 3 is 2.24 bits per heavy atom. The number of benzene rings is 1. The van der Waals surface area contributed by atoms with Crippen LogP contribution in [0, 0.1) is 12.3 Å². The Labute approximate surface area is 133 Å². The van der Waals surface area contributed by atoms with Gasteiger partial charge in [-0.15, -0.1) is 0 Å². The summed E-state index contributed by atoms with van der Waals surface area (Å²) in [6, 6.07) is 3.40. The molecule has 1 rings (SSSR count). The van der Waals surface area contributed by atoms with E-state index in [0.29, 0.717) is 12.2 Å². The molecule has 0 aliphatic carbocycles. The first-order valence-electron chi connectivity index (χ1n) is 7.14. The lowest BCUT2D eigenvalue weighted by Crippen LogP contribution is -2.12. The van der Waals surface area contributed by atoms with Crippen LogP contribution in [0.4, 0.5) is 0 Å². The van der Waals surface area contributed by atoms with Gasteiger partial charge in [-0.05, 0) is 47.9 Å². The van der Waals surface area contributed by atoms with Crippen molar-refractivity contribution < 1.29 is 13.2 Å². The summed E-state index contributed by atoms with van der Waals surface area (Å²) in [7, 11) is 1.78. The molecule has 0 fully saturated rings. The van der Waals surface area contributed by atoms with Crippen molar-refractivity contribution in [1.82, 2.24) is 0 Å². The summed E-state index contributed by atoms with van der Waals surface area (Å²) in [6.45, 7) is 12.8. The summed E-state index contributed by atoms with van der Waals surface area (Å²) >= 11 is 0. The zero-order chi connectivity index (χ0) is 16.4. The standard InChI is InChI=1S/C16H25ClO3S/c1-11(2)13-10-14(20-8-7-16(4,5)6)12(3)9-15(13)21(17,18)19/h9-11H,7-8H2,1-6H3. The van der Waals surface area contributed by atoms with Gasteiger partial charge in [0, 0.05) is 10.7 Å². The first-order chi connectivity index (χ1) is 9.42. The quantitative estimate of drug-likeness (QED) is 0.723. The highest BCUT2D eigenvalue weighted by molar-refractivity contribution is 8.13. The molecule has 0 saturated heterocycles. The Morgan fingerprint density at radius 1 is 1.24 bits per heavy atom. The molecule has 0 spiro atoms. The second-order valence-electron chi connectivity index (χ2n) is 6.91. The van der Waals surface area contributed by atoms with Gasteiger partial charge in [0.1, 0.15) is 5.75 Å². The van der Waals surface area contributed by atoms with Crippen molar-refractivity contribution in [3.63, 3.8) is 0 Å². The molecule has 1 aromatic rings. The Morgan fingerprint density at radius 2 is 1.81 bits per heavy atom. The SMILES string of the molecule is Cc1cc(S(=O)(=O)Cl)c(C(C)C)cc1OCCC(C)(C)C. The first-order valence-corrected chi connectivity index (χ1v) is 9.45. The maximum atomic E-state index is 11.7. The third-order valence-electron chi connectivity index (χ3n) is 3.30. The smallest absolute Gasteiger partial charge is 0.261 e. The Hall–Kier alpha value is -0.740. The number of aryl methyl sites for hydroxylation is 1. The van der Waals surface area contributed by atoms with E-state index in [0.717, 1.165) is 17.7 Å². The minimum atomic E-state index is -3.74. The van der Waals surface area contributed by atoms with Crippen molar-refractivity contribution in [2.75, 3.05) is 6.61 Å². The zero-order valence-electron chi connectivity index (χ0n) is 13.7. The van der Waals surface area contributed by atoms with Gasteiger partial charge in [-0.25, -0.2) is 8.42 Å². The molecule has 0 saturated carbocycles. The zero-order valence-corrected chi connectivity index (χ0v) is 15.2. The maximum absolute atomic E-state index is 11.7. The average Bonchev–Trinajstić information content (AvgIpc) is 2.27. The molecule has 1 aromatic carbocycles. The number of hydrogen-bond donors (Lipinski definition) is 0. The summed E-state index contributed by atoms with van der Waals surface area (Å²) in [5.41, 5.74) is 1.68. The van der Waals surface area contributed by atoms with Gasteiger partial charge < -0.3 is 4.74 Å². The average molecular weight is 333 g/mol. The monoisotopic (exact) mass is 332 g/mol. The minimum absolute atomic E-state index is 0.0547. The fourth-order valence-corrected chi connectivity index (χ4v) is 3.26. The van der Waals surface area contributed by atoms with Gasteiger partial charge >= 0.3 is 0 Å². The molecule has 5 heteroatoms. The lowest BCUT2D eigenvalue weighted by atomic mass is 9.93. The van der Waals surface area contributed by atoms with Crippen LogP contribution in [-0.2, 0) is 9.05 Å². The van der Waals surface area contributed by atoms with Crippen LogP contribution in [0.2, 0.25) is 0 Å². The van der Waals surface area contributed by atoms with E-state index in [2.05, 4.69) is 20.8 Å². The van der Waals surface area contributed by atoms with Crippen molar-refractivity contribution in [3.8, 4) is 5.75 Å². The summed E-state index contributed by atoms with van der Waals surface area (Å²) in [4.78, 5) is 0.180. The maximum Gasteiger partial charge on any atom is 0.261 e. The second-order valence-corrected chi connectivity index (χ2v) is 9.44. The molecule has 0 radical (unpaired) electrons. The molecule has 0 aromatic heterocycles. The van der Waals surface area contributed by atoms with Crippen LogP contribution in [0.1, 0.15) is 58.1 Å². The molecular formula is C16H25ClO3S. The van der Waals surface area contributed by atoms with E-state index < -0.39 is 9.05 Å². The number of hydrogen-bond acceptors (Lipinski definition) is 3. The van der Waals surface area contributed by atoms with Gasteiger partial charge in [0.15, 0.2) is 0 Å². The van der Waals surface area contributed by atoms with Crippen molar-refractivity contribution in [1.29, 1.82) is 0 Å². The summed E-state index contributed by atoms with van der Waals surface area (Å²) in [5, 5.41) is 0. The molecule has 120 valence electrons. The second kappa shape index (κ2) is 6.57. The lowest BCUT2D eigenvalue weighted by molar-refractivity contribution is 0.241. The third-order valence-corrected chi connectivity index (χ3v) is 4.68. The molecule has 0 atom stereocenters. The molecule has 0 bridgehead atoms. The van der Waals surface area contributed by atoms with Gasteiger partial charge in [0.2, 0.25) is 0 Å². The topological polar surface area (TPSA) is 43.4 Å². The van der Waals surface area contributed by atoms with Gasteiger partial charge in [0.25, 0.3) is 9.05 Å². The van der Waals surface area contributed by atoms with Gasteiger partial charge in [0.05, 0.1) is 11.5 Å². The number of rotatable bonds is 5. The van der Waals surface area contributed by atoms with E-state index in [9.17, 15) is 8.42 Å². The van der Waals surface area contributed by atoms with Gasteiger partial charge in [-0.2, -0.15) is 0 Å². The first kappa shape index (κ1) is 18.3. The van der Waals surface area contributed by atoms with Crippen LogP contribution in [0.5, 0.6) is 5.75 Å². The molecule has 21 heavy (non-hydrogen) atoms. The third kappa shape index (κ3) is 5.51. The predicted molar refractivity (Wildman–Crippen MR) is 87.9 cm³/mol. The van der Waals surface area contributed by atoms with E-state index in [1.54, 1.807) is 12.1 Å². The lowest BCUT2D eigenvalue weighted by Gasteiger charge is -2.20. The van der Waals surface area contributed by atoms with Crippen LogP contribution in [0.15, 0.2) is 17.0 Å². The summed E-state index contributed by atoms with van der Waals surface area (Å²) in [6.07, 6.45) is 0.930. The van der Waals surface area contributed by atoms with Crippen molar-refractivity contribution >= 4 is 19.7 Å². The predicted octanol–water partition coefficient (Wildman–Crippen LogP) is 4.86. The van der Waals surface area contributed by atoms with Gasteiger partial charge in [-0.1, -0.05) is 34.6 Å². The molecule has 0 aliphatic rings. The van der Waals surface area contributed by atoms with Crippen LogP contribution >= 0.6 is 10.7 Å². The van der Waals surface area contributed by atoms with E-state index in [1.165, 1.54) is 0 Å². The van der Waals surface area contributed by atoms with Crippen LogP contribution in [-0.4, -0.2) is 15.0 Å². The van der Waals surface area contributed by atoms with Crippen LogP contribution < -0.4 is 4.74 Å². The van der Waals surface area contributed by atoms with E-state index >= 15 is 0 Å². The highest BCUT2D eigenvalue weighted by Crippen LogP contribution is 2.33. The highest BCUT2D eigenvalue weighted by Gasteiger charge is 2.20. The van der Waals surface area contributed by atoms with Crippen LogP contribution in [0.25, 0.3) is 0 Å². The molecule has 0 N–H and O–H groups in total. The molecule has 0 amide bonds. The Balaban J connectivity index is 3.11. The Kier molecular flexibility index (Phi) is 5.73. The minimum Gasteiger partial charge on any atom is -0.493 e. The number of ether oxygens (including phenoxy) is 1. The van der Waals surface area contributed by atoms with Crippen LogP contribution in [0.3, 0.4) is 0 Å². The Bertz CT molecular complexity index is 599. The molecule has 0 unspecified atom stereocenters. The fourth-order valence-electron chi connectivity index (χ4n) is 1.96. The number of halogens is 1. The van der Waals surface area contributed by atoms with Gasteiger partial charge in [-0.3, -0.25) is 0 Å². The molecule has 0 heterocycles. The van der Waals surface area contributed by atoms with E-state index in [4.69, 9.17) is 15.4 Å². The normalized spacial score (nSPS) is 12.8. The molecule has 3 nitrogen and oxygen atoms in total. The summed E-state index contributed by atoms with van der Waals surface area (Å²) in [5.74, 6) is 0.783.